The maximum Gasteiger partial charge on any atom is 0.232 e. The van der Waals surface area contributed by atoms with Gasteiger partial charge in [0, 0.05) is 37.9 Å². The second-order valence-electron chi connectivity index (χ2n) is 6.35. The molecule has 0 N–H and O–H groups in total. The van der Waals surface area contributed by atoms with E-state index in [0.29, 0.717) is 11.7 Å². The van der Waals surface area contributed by atoms with Gasteiger partial charge in [0.25, 0.3) is 0 Å². The van der Waals surface area contributed by atoms with Gasteiger partial charge in [0.05, 0.1) is 5.75 Å². The maximum atomic E-state index is 12.1. The number of aromatic nitrogens is 2. The lowest BCUT2D eigenvalue weighted by molar-refractivity contribution is -0.129. The molecule has 2 heterocycles. The highest BCUT2D eigenvalue weighted by Crippen LogP contribution is 2.31. The lowest BCUT2D eigenvalue weighted by Gasteiger charge is -2.33. The average molecular weight is 307 g/mol. The second-order valence-corrected chi connectivity index (χ2v) is 7.21. The van der Waals surface area contributed by atoms with Crippen molar-refractivity contribution in [3.63, 3.8) is 0 Å². The molecule has 1 aromatic heterocycles. The fourth-order valence-electron chi connectivity index (χ4n) is 3.42. The first-order valence-corrected chi connectivity index (χ1v) is 9.45. The fourth-order valence-corrected chi connectivity index (χ4v) is 3.85. The molecule has 0 aromatic carbocycles. The molecule has 1 atom stereocenters. The summed E-state index contributed by atoms with van der Waals surface area (Å²) < 4.78 is 2.34. The summed E-state index contributed by atoms with van der Waals surface area (Å²) in [6.45, 7) is 2.88. The van der Waals surface area contributed by atoms with Crippen LogP contribution in [0.1, 0.15) is 43.8 Å². The van der Waals surface area contributed by atoms with Crippen molar-refractivity contribution < 1.29 is 4.79 Å². The van der Waals surface area contributed by atoms with Crippen LogP contribution in [-0.4, -0.2) is 45.5 Å². The summed E-state index contributed by atoms with van der Waals surface area (Å²) in [7, 11) is 0. The average Bonchev–Trinajstić information content (AvgIpc) is 2.91. The van der Waals surface area contributed by atoms with Crippen molar-refractivity contribution in [2.45, 2.75) is 44.6 Å². The van der Waals surface area contributed by atoms with Crippen LogP contribution in [-0.2, 0) is 11.3 Å². The number of carbonyl (C=O) groups is 1. The number of rotatable bonds is 5. The van der Waals surface area contributed by atoms with Crippen LogP contribution in [0.15, 0.2) is 12.4 Å². The maximum absolute atomic E-state index is 12.1. The third-order valence-electron chi connectivity index (χ3n) is 4.83. The number of piperidine rings is 1. The molecule has 1 amide bonds. The van der Waals surface area contributed by atoms with E-state index < -0.39 is 0 Å². The van der Waals surface area contributed by atoms with Gasteiger partial charge in [-0.3, -0.25) is 4.79 Å². The van der Waals surface area contributed by atoms with Gasteiger partial charge in [0.1, 0.15) is 5.82 Å². The summed E-state index contributed by atoms with van der Waals surface area (Å²) in [4.78, 5) is 18.8. The summed E-state index contributed by atoms with van der Waals surface area (Å²) in [6, 6.07) is 0. The molecule has 0 bridgehead atoms. The van der Waals surface area contributed by atoms with Crippen LogP contribution in [0, 0.1) is 5.92 Å². The summed E-state index contributed by atoms with van der Waals surface area (Å²) in [5, 5.41) is 0. The van der Waals surface area contributed by atoms with E-state index in [4.69, 9.17) is 0 Å². The lowest BCUT2D eigenvalue weighted by Crippen LogP contribution is -2.40. The molecule has 21 heavy (non-hydrogen) atoms. The summed E-state index contributed by atoms with van der Waals surface area (Å²) in [6.07, 6.45) is 12.4. The van der Waals surface area contributed by atoms with Crippen LogP contribution in [0.25, 0.3) is 0 Å². The normalized spacial score (nSPS) is 23.1. The molecule has 2 aliphatic rings. The van der Waals surface area contributed by atoms with Crippen LogP contribution in [0.5, 0.6) is 0 Å². The van der Waals surface area contributed by atoms with Crippen LogP contribution >= 0.6 is 11.8 Å². The molecular weight excluding hydrogens is 282 g/mol. The predicted molar refractivity (Wildman–Crippen MR) is 86.5 cm³/mol. The first kappa shape index (κ1) is 14.9. The highest BCUT2D eigenvalue weighted by molar-refractivity contribution is 7.99. The van der Waals surface area contributed by atoms with Crippen molar-refractivity contribution >= 4 is 17.7 Å². The number of hydrogen-bond acceptors (Lipinski definition) is 3. The molecule has 1 aromatic rings. The van der Waals surface area contributed by atoms with Gasteiger partial charge in [-0.2, -0.15) is 11.8 Å². The van der Waals surface area contributed by atoms with Gasteiger partial charge in [-0.1, -0.05) is 6.42 Å². The third kappa shape index (κ3) is 3.44. The Morgan fingerprint density at radius 3 is 2.95 bits per heavy atom. The van der Waals surface area contributed by atoms with E-state index >= 15 is 0 Å². The Morgan fingerprint density at radius 1 is 1.38 bits per heavy atom. The molecule has 0 radical (unpaired) electrons. The molecule has 5 heteroatoms. The Labute approximate surface area is 131 Å². The van der Waals surface area contributed by atoms with Crippen LogP contribution in [0.4, 0.5) is 0 Å². The third-order valence-corrected chi connectivity index (χ3v) is 5.37. The Morgan fingerprint density at radius 2 is 2.24 bits per heavy atom. The summed E-state index contributed by atoms with van der Waals surface area (Å²) >= 11 is 1.61. The highest BCUT2D eigenvalue weighted by atomic mass is 32.2. The number of nitrogens with zero attached hydrogens (tertiary/aromatic N) is 3. The minimum atomic E-state index is 0.282. The number of imidazole rings is 1. The first-order valence-electron chi connectivity index (χ1n) is 8.05. The van der Waals surface area contributed by atoms with Gasteiger partial charge in [-0.05, 0) is 37.9 Å². The monoisotopic (exact) mass is 307 g/mol. The van der Waals surface area contributed by atoms with E-state index in [2.05, 4.69) is 15.7 Å². The zero-order valence-electron chi connectivity index (χ0n) is 12.8. The molecule has 4 nitrogen and oxygen atoms in total. The highest BCUT2D eigenvalue weighted by Gasteiger charge is 2.28. The Bertz CT molecular complexity index is 484. The van der Waals surface area contributed by atoms with Crippen molar-refractivity contribution in [1.29, 1.82) is 0 Å². The molecule has 116 valence electrons. The van der Waals surface area contributed by atoms with E-state index in [1.165, 1.54) is 25.1 Å². The van der Waals surface area contributed by atoms with Gasteiger partial charge in [-0.15, -0.1) is 0 Å². The fraction of sp³-hybridized carbons (Fsp3) is 0.750. The molecule has 1 aliphatic heterocycles. The van der Waals surface area contributed by atoms with E-state index in [-0.39, 0.29) is 5.91 Å². The zero-order valence-corrected chi connectivity index (χ0v) is 13.6. The molecule has 2 fully saturated rings. The molecule has 0 unspecified atom stereocenters. The van der Waals surface area contributed by atoms with Gasteiger partial charge in [0.2, 0.25) is 5.91 Å². The minimum Gasteiger partial charge on any atom is -0.341 e. The van der Waals surface area contributed by atoms with E-state index in [0.717, 1.165) is 38.4 Å². The lowest BCUT2D eigenvalue weighted by atomic mass is 9.85. The van der Waals surface area contributed by atoms with E-state index in [1.54, 1.807) is 11.8 Å². The van der Waals surface area contributed by atoms with Crippen molar-refractivity contribution in [1.82, 2.24) is 14.5 Å². The van der Waals surface area contributed by atoms with Crippen molar-refractivity contribution in [2.75, 3.05) is 25.1 Å². The standard InChI is InChI=1S/C16H25N3OS/c1-21-12-15(20)18-8-3-6-14(11-18)16-17-7-9-19(16)10-13-4-2-5-13/h7,9,13-14H,2-6,8,10-12H2,1H3/t14-/m1/s1. The zero-order chi connectivity index (χ0) is 14.7. The van der Waals surface area contributed by atoms with Crippen LogP contribution in [0.3, 0.4) is 0 Å². The number of hydrogen-bond donors (Lipinski definition) is 0. The number of likely N-dealkylation sites (tertiary alicyclic amines) is 1. The summed E-state index contributed by atoms with van der Waals surface area (Å²) in [5.41, 5.74) is 0. The quantitative estimate of drug-likeness (QED) is 0.839. The van der Waals surface area contributed by atoms with Crippen LogP contribution < -0.4 is 0 Å². The minimum absolute atomic E-state index is 0.282. The van der Waals surface area contributed by atoms with Crippen molar-refractivity contribution in [2.24, 2.45) is 5.92 Å². The smallest absolute Gasteiger partial charge is 0.232 e. The largest absolute Gasteiger partial charge is 0.341 e. The Balaban J connectivity index is 1.65. The Kier molecular flexibility index (Phi) is 4.88. The second kappa shape index (κ2) is 6.86. The van der Waals surface area contributed by atoms with Crippen LogP contribution in [0.2, 0.25) is 0 Å². The number of amides is 1. The van der Waals surface area contributed by atoms with Gasteiger partial charge in [0.15, 0.2) is 0 Å². The molecule has 1 aliphatic carbocycles. The molecular formula is C16H25N3OS. The SMILES string of the molecule is CSCC(=O)N1CCC[C@@H](c2nccn2CC2CCC2)C1. The summed E-state index contributed by atoms with van der Waals surface area (Å²) in [5.74, 6) is 3.34. The van der Waals surface area contributed by atoms with Crippen molar-refractivity contribution in [3.8, 4) is 0 Å². The number of carbonyl (C=O) groups excluding carboxylic acids is 1. The Hall–Kier alpha value is -0.970. The molecule has 1 saturated heterocycles. The first-order chi connectivity index (χ1) is 10.3. The number of thioether (sulfide) groups is 1. The molecule has 1 saturated carbocycles. The van der Waals surface area contributed by atoms with Crippen molar-refractivity contribution in [3.05, 3.63) is 18.2 Å². The predicted octanol–water partition coefficient (Wildman–Crippen LogP) is 2.75. The van der Waals surface area contributed by atoms with Gasteiger partial charge < -0.3 is 9.47 Å². The molecule has 3 rings (SSSR count). The van der Waals surface area contributed by atoms with E-state index in [1.807, 2.05) is 17.4 Å². The topological polar surface area (TPSA) is 38.1 Å². The molecule has 0 spiro atoms. The van der Waals surface area contributed by atoms with E-state index in [9.17, 15) is 4.79 Å². The van der Waals surface area contributed by atoms with Gasteiger partial charge >= 0.3 is 0 Å². The van der Waals surface area contributed by atoms with Gasteiger partial charge in [-0.25, -0.2) is 4.98 Å².